The van der Waals surface area contributed by atoms with E-state index in [1.165, 1.54) is 12.3 Å². The van der Waals surface area contributed by atoms with E-state index >= 15 is 0 Å². The van der Waals surface area contributed by atoms with Gasteiger partial charge in [0.1, 0.15) is 11.3 Å². The Labute approximate surface area is 87.1 Å². The Kier molecular flexibility index (Phi) is 2.83. The zero-order valence-corrected chi connectivity index (χ0v) is 8.83. The molecule has 2 N–H and O–H groups in total. The molecule has 5 heteroatoms. The number of ether oxygens (including phenoxy) is 1. The molecule has 0 amide bonds. The number of carbonyl (C=O) groups is 2. The molecule has 0 unspecified atom stereocenters. The van der Waals surface area contributed by atoms with Crippen LogP contribution < -0.4 is 0 Å². The Morgan fingerprint density at radius 1 is 1.40 bits per heavy atom. The summed E-state index contributed by atoms with van der Waals surface area (Å²) in [6.45, 7) is 5.16. The van der Waals surface area contributed by atoms with Gasteiger partial charge in [0.2, 0.25) is 0 Å². The van der Waals surface area contributed by atoms with E-state index in [0.717, 1.165) is 0 Å². The fraction of sp³-hybridized carbons (Fsp3) is 0.400. The van der Waals surface area contributed by atoms with E-state index in [-0.39, 0.29) is 11.3 Å². The second-order valence-electron chi connectivity index (χ2n) is 4.07. The number of hydrogen-bond donors (Lipinski definition) is 2. The minimum atomic E-state index is -1.18. The number of aromatic carboxylic acids is 1. The number of carboxylic acids is 1. The molecule has 0 atom stereocenters. The van der Waals surface area contributed by atoms with Gasteiger partial charge in [-0.1, -0.05) is 0 Å². The molecule has 1 heterocycles. The van der Waals surface area contributed by atoms with Crippen LogP contribution in [0.5, 0.6) is 0 Å². The minimum Gasteiger partial charge on any atom is -0.477 e. The van der Waals surface area contributed by atoms with Gasteiger partial charge in [-0.25, -0.2) is 9.59 Å². The maximum absolute atomic E-state index is 11.5. The summed E-state index contributed by atoms with van der Waals surface area (Å²) in [6, 6.07) is 1.39. The number of hydrogen-bond acceptors (Lipinski definition) is 3. The summed E-state index contributed by atoms with van der Waals surface area (Å²) in [4.78, 5) is 24.7. The predicted molar refractivity (Wildman–Crippen MR) is 52.9 cm³/mol. The number of aromatic nitrogens is 1. The van der Waals surface area contributed by atoms with Crippen molar-refractivity contribution in [3.05, 3.63) is 23.5 Å². The van der Waals surface area contributed by atoms with E-state index in [0.29, 0.717) is 0 Å². The number of carboxylic acid groups (broad SMARTS) is 1. The Morgan fingerprint density at radius 3 is 2.47 bits per heavy atom. The third-order valence-corrected chi connectivity index (χ3v) is 1.58. The smallest absolute Gasteiger partial charge is 0.353 e. The lowest BCUT2D eigenvalue weighted by molar-refractivity contribution is 0.00660. The first-order valence-corrected chi connectivity index (χ1v) is 4.45. The number of nitrogens with one attached hydrogen (secondary N) is 1. The fourth-order valence-electron chi connectivity index (χ4n) is 1.05. The molecule has 0 aliphatic heterocycles. The van der Waals surface area contributed by atoms with Gasteiger partial charge in [-0.15, -0.1) is 0 Å². The van der Waals surface area contributed by atoms with Gasteiger partial charge >= 0.3 is 11.9 Å². The van der Waals surface area contributed by atoms with Crippen LogP contribution in [0, 0.1) is 0 Å². The predicted octanol–water partition coefficient (Wildman–Crippen LogP) is 1.67. The highest BCUT2D eigenvalue weighted by Crippen LogP contribution is 2.14. The van der Waals surface area contributed by atoms with Crippen molar-refractivity contribution >= 4 is 11.9 Å². The van der Waals surface area contributed by atoms with Crippen molar-refractivity contribution in [2.75, 3.05) is 0 Å². The van der Waals surface area contributed by atoms with Gasteiger partial charge < -0.3 is 14.8 Å². The summed E-state index contributed by atoms with van der Waals surface area (Å²) < 4.78 is 5.05. The molecular weight excluding hydrogens is 198 g/mol. The first-order chi connectivity index (χ1) is 6.81. The quantitative estimate of drug-likeness (QED) is 0.729. The molecule has 1 rings (SSSR count). The SMILES string of the molecule is CC(C)(C)OC(=O)c1cc[nH]c1C(=O)O. The summed E-state index contributed by atoms with van der Waals surface area (Å²) in [7, 11) is 0. The van der Waals surface area contributed by atoms with Crippen LogP contribution in [-0.2, 0) is 4.74 Å². The lowest BCUT2D eigenvalue weighted by Crippen LogP contribution is -2.24. The van der Waals surface area contributed by atoms with Crippen molar-refractivity contribution in [2.24, 2.45) is 0 Å². The molecule has 82 valence electrons. The Hall–Kier alpha value is -1.78. The highest BCUT2D eigenvalue weighted by molar-refractivity contribution is 6.01. The van der Waals surface area contributed by atoms with Crippen molar-refractivity contribution in [1.29, 1.82) is 0 Å². The van der Waals surface area contributed by atoms with Gasteiger partial charge in [-0.2, -0.15) is 0 Å². The molecule has 5 nitrogen and oxygen atoms in total. The summed E-state index contributed by atoms with van der Waals surface area (Å²) in [5, 5.41) is 8.76. The van der Waals surface area contributed by atoms with Crippen molar-refractivity contribution in [3.8, 4) is 0 Å². The average Bonchev–Trinajstić information content (AvgIpc) is 2.47. The number of carbonyl (C=O) groups excluding carboxylic acids is 1. The first kappa shape index (κ1) is 11.3. The lowest BCUT2D eigenvalue weighted by atomic mass is 10.2. The van der Waals surface area contributed by atoms with E-state index in [9.17, 15) is 9.59 Å². The number of esters is 1. The van der Waals surface area contributed by atoms with Crippen LogP contribution in [0.25, 0.3) is 0 Å². The molecule has 15 heavy (non-hydrogen) atoms. The van der Waals surface area contributed by atoms with Crippen LogP contribution in [0.2, 0.25) is 0 Å². The minimum absolute atomic E-state index is 0.0393. The molecule has 0 bridgehead atoms. The van der Waals surface area contributed by atoms with Crippen molar-refractivity contribution in [1.82, 2.24) is 4.98 Å². The van der Waals surface area contributed by atoms with Crippen molar-refractivity contribution in [3.63, 3.8) is 0 Å². The number of rotatable bonds is 2. The van der Waals surface area contributed by atoms with Gasteiger partial charge in [0, 0.05) is 6.20 Å². The molecule has 1 aromatic rings. The summed E-state index contributed by atoms with van der Waals surface area (Å²) >= 11 is 0. The monoisotopic (exact) mass is 211 g/mol. The highest BCUT2D eigenvalue weighted by Gasteiger charge is 2.23. The summed E-state index contributed by atoms with van der Waals surface area (Å²) in [5.41, 5.74) is -0.744. The maximum Gasteiger partial charge on any atom is 0.353 e. The summed E-state index contributed by atoms with van der Waals surface area (Å²) in [6.07, 6.45) is 1.39. The fourth-order valence-corrected chi connectivity index (χ4v) is 1.05. The molecule has 0 fully saturated rings. The molecule has 1 aromatic heterocycles. The van der Waals surface area contributed by atoms with Crippen molar-refractivity contribution in [2.45, 2.75) is 26.4 Å². The highest BCUT2D eigenvalue weighted by atomic mass is 16.6. The second-order valence-corrected chi connectivity index (χ2v) is 4.07. The van der Waals surface area contributed by atoms with Crippen LogP contribution in [0.1, 0.15) is 41.6 Å². The zero-order chi connectivity index (χ0) is 11.6. The van der Waals surface area contributed by atoms with Gasteiger partial charge in [0.05, 0.1) is 5.56 Å². The molecule has 0 aliphatic rings. The van der Waals surface area contributed by atoms with Gasteiger partial charge in [-0.05, 0) is 26.8 Å². The number of aromatic amines is 1. The third-order valence-electron chi connectivity index (χ3n) is 1.58. The van der Waals surface area contributed by atoms with Gasteiger partial charge in [-0.3, -0.25) is 0 Å². The third kappa shape index (κ3) is 2.83. The van der Waals surface area contributed by atoms with E-state index in [1.54, 1.807) is 20.8 Å². The van der Waals surface area contributed by atoms with Crippen LogP contribution in [0.4, 0.5) is 0 Å². The normalized spacial score (nSPS) is 11.1. The molecule has 0 aliphatic carbocycles. The van der Waals surface area contributed by atoms with Crippen LogP contribution >= 0.6 is 0 Å². The largest absolute Gasteiger partial charge is 0.477 e. The Bertz CT molecular complexity index is 386. The maximum atomic E-state index is 11.5. The van der Waals surface area contributed by atoms with Crippen LogP contribution in [0.15, 0.2) is 12.3 Å². The van der Waals surface area contributed by atoms with E-state index in [1.807, 2.05) is 0 Å². The molecule has 0 saturated heterocycles. The van der Waals surface area contributed by atoms with E-state index in [4.69, 9.17) is 9.84 Å². The topological polar surface area (TPSA) is 79.4 Å². The van der Waals surface area contributed by atoms with Crippen LogP contribution in [0.3, 0.4) is 0 Å². The Morgan fingerprint density at radius 2 is 2.00 bits per heavy atom. The standard InChI is InChI=1S/C10H13NO4/c1-10(2,3)15-9(14)6-4-5-11-7(6)8(12)13/h4-5,11H,1-3H3,(H,12,13). The first-order valence-electron chi connectivity index (χ1n) is 4.45. The second kappa shape index (κ2) is 3.76. The Balaban J connectivity index is 2.92. The molecular formula is C10H13NO4. The molecule has 0 aromatic carbocycles. The van der Waals surface area contributed by atoms with Gasteiger partial charge in [0.15, 0.2) is 0 Å². The molecule has 0 saturated carbocycles. The lowest BCUT2D eigenvalue weighted by Gasteiger charge is -2.19. The van der Waals surface area contributed by atoms with Crippen LogP contribution in [-0.4, -0.2) is 27.6 Å². The molecule has 0 radical (unpaired) electrons. The van der Waals surface area contributed by atoms with Gasteiger partial charge in [0.25, 0.3) is 0 Å². The van der Waals surface area contributed by atoms with Crippen molar-refractivity contribution < 1.29 is 19.4 Å². The summed E-state index contributed by atoms with van der Waals surface area (Å²) in [5.74, 6) is -1.82. The average molecular weight is 211 g/mol. The molecule has 0 spiro atoms. The zero-order valence-electron chi connectivity index (χ0n) is 8.83. The van der Waals surface area contributed by atoms with E-state index < -0.39 is 17.5 Å². The number of H-pyrrole nitrogens is 1. The van der Waals surface area contributed by atoms with E-state index in [2.05, 4.69) is 4.98 Å².